The minimum Gasteiger partial charge on any atom is -0.396 e. The summed E-state index contributed by atoms with van der Waals surface area (Å²) in [4.78, 5) is 2.46. The van der Waals surface area contributed by atoms with Crippen molar-refractivity contribution in [2.24, 2.45) is 5.92 Å². The number of hydrogen-bond acceptors (Lipinski definition) is 3. The van der Waals surface area contributed by atoms with E-state index in [4.69, 9.17) is 11.0 Å². The molecule has 1 aromatic rings. The topological polar surface area (TPSA) is 53.0 Å². The second-order valence-corrected chi connectivity index (χ2v) is 5.44. The lowest BCUT2D eigenvalue weighted by Crippen LogP contribution is -2.43. The highest BCUT2D eigenvalue weighted by Gasteiger charge is 2.35. The van der Waals surface area contributed by atoms with E-state index < -0.39 is 0 Å². The molecule has 0 bridgehead atoms. The van der Waals surface area contributed by atoms with Crippen LogP contribution in [0.2, 0.25) is 0 Å². The van der Waals surface area contributed by atoms with Crippen molar-refractivity contribution in [3.05, 3.63) is 23.8 Å². The molecule has 1 saturated heterocycles. The van der Waals surface area contributed by atoms with Crippen LogP contribution in [0.25, 0.3) is 0 Å². The molecule has 1 aromatic carbocycles. The van der Waals surface area contributed by atoms with Crippen LogP contribution < -0.4 is 10.6 Å². The summed E-state index contributed by atoms with van der Waals surface area (Å²) in [6.07, 6.45) is 6.58. The Morgan fingerprint density at radius 1 is 1.22 bits per heavy atom. The summed E-state index contributed by atoms with van der Waals surface area (Å²) in [5, 5.41) is 9.08. The molecule has 2 atom stereocenters. The lowest BCUT2D eigenvalue weighted by Gasteiger charge is -2.40. The van der Waals surface area contributed by atoms with Crippen LogP contribution in [-0.4, -0.2) is 12.6 Å². The predicted molar refractivity (Wildman–Crippen MR) is 73.3 cm³/mol. The van der Waals surface area contributed by atoms with Crippen LogP contribution in [0.3, 0.4) is 0 Å². The van der Waals surface area contributed by atoms with E-state index in [9.17, 15) is 0 Å². The fourth-order valence-electron chi connectivity index (χ4n) is 3.65. The minimum atomic E-state index is 0.604. The Hall–Kier alpha value is -1.69. The van der Waals surface area contributed by atoms with Gasteiger partial charge in [0.05, 0.1) is 16.9 Å². The lowest BCUT2D eigenvalue weighted by molar-refractivity contribution is 0.363. The Kier molecular flexibility index (Phi) is 2.87. The Bertz CT molecular complexity index is 489. The molecule has 18 heavy (non-hydrogen) atoms. The van der Waals surface area contributed by atoms with E-state index in [0.717, 1.165) is 18.2 Å². The summed E-state index contributed by atoms with van der Waals surface area (Å²) in [5.74, 6) is 0.837. The zero-order valence-electron chi connectivity index (χ0n) is 10.6. The van der Waals surface area contributed by atoms with E-state index in [1.165, 1.54) is 32.1 Å². The molecule has 3 nitrogen and oxygen atoms in total. The SMILES string of the molecule is N#Cc1cccc(N2CCCC3CCCC32)c1N. The molecule has 2 N–H and O–H groups in total. The van der Waals surface area contributed by atoms with Crippen molar-refractivity contribution in [3.8, 4) is 6.07 Å². The molecular weight excluding hydrogens is 222 g/mol. The molecule has 1 aliphatic heterocycles. The van der Waals surface area contributed by atoms with Crippen molar-refractivity contribution in [3.63, 3.8) is 0 Å². The van der Waals surface area contributed by atoms with E-state index in [0.29, 0.717) is 17.3 Å². The summed E-state index contributed by atoms with van der Waals surface area (Å²) >= 11 is 0. The normalized spacial score (nSPS) is 26.7. The van der Waals surface area contributed by atoms with Crippen molar-refractivity contribution >= 4 is 11.4 Å². The molecule has 2 unspecified atom stereocenters. The second kappa shape index (κ2) is 4.53. The van der Waals surface area contributed by atoms with Crippen molar-refractivity contribution in [1.82, 2.24) is 0 Å². The number of nitrogens with two attached hydrogens (primary N) is 1. The van der Waals surface area contributed by atoms with Gasteiger partial charge in [-0.1, -0.05) is 12.5 Å². The molecule has 1 aliphatic carbocycles. The number of hydrogen-bond donors (Lipinski definition) is 1. The molecule has 0 spiro atoms. The fraction of sp³-hybridized carbons (Fsp3) is 0.533. The summed E-state index contributed by atoms with van der Waals surface area (Å²) in [7, 11) is 0. The average molecular weight is 241 g/mol. The van der Waals surface area contributed by atoms with Crippen LogP contribution in [0.15, 0.2) is 18.2 Å². The molecule has 0 radical (unpaired) electrons. The van der Waals surface area contributed by atoms with Crippen LogP contribution in [-0.2, 0) is 0 Å². The number of nitrogens with zero attached hydrogens (tertiary/aromatic N) is 2. The van der Waals surface area contributed by atoms with Crippen molar-refractivity contribution in [2.45, 2.75) is 38.1 Å². The number of nitriles is 1. The maximum atomic E-state index is 9.08. The van der Waals surface area contributed by atoms with Crippen LogP contribution in [0.5, 0.6) is 0 Å². The monoisotopic (exact) mass is 241 g/mol. The maximum Gasteiger partial charge on any atom is 0.101 e. The number of anilines is 2. The second-order valence-electron chi connectivity index (χ2n) is 5.44. The zero-order chi connectivity index (χ0) is 12.5. The molecule has 1 heterocycles. The summed E-state index contributed by atoms with van der Waals surface area (Å²) in [6.45, 7) is 1.08. The summed E-state index contributed by atoms with van der Waals surface area (Å²) in [5.41, 5.74) is 8.48. The van der Waals surface area contributed by atoms with E-state index in [1.807, 2.05) is 6.07 Å². The highest BCUT2D eigenvalue weighted by Crippen LogP contribution is 2.41. The number of nitrogen functional groups attached to an aromatic ring is 1. The standard InChI is InChI=1S/C15H19N3/c16-10-12-5-2-8-14(15(12)17)18-9-3-6-11-4-1-7-13(11)18/h2,5,8,11,13H,1,3-4,6-7,9,17H2. The Balaban J connectivity index is 1.97. The van der Waals surface area contributed by atoms with Gasteiger partial charge in [0.1, 0.15) is 6.07 Å². The molecule has 0 amide bonds. The summed E-state index contributed by atoms with van der Waals surface area (Å²) < 4.78 is 0. The molecule has 1 saturated carbocycles. The Morgan fingerprint density at radius 2 is 2.06 bits per heavy atom. The molecule has 3 heteroatoms. The van der Waals surface area contributed by atoms with Crippen LogP contribution >= 0.6 is 0 Å². The maximum absolute atomic E-state index is 9.08. The van der Waals surface area contributed by atoms with Gasteiger partial charge in [-0.2, -0.15) is 5.26 Å². The van der Waals surface area contributed by atoms with Gasteiger partial charge in [-0.25, -0.2) is 0 Å². The molecule has 2 aliphatic rings. The zero-order valence-corrected chi connectivity index (χ0v) is 10.6. The molecule has 0 aromatic heterocycles. The molecule has 94 valence electrons. The smallest absolute Gasteiger partial charge is 0.101 e. The third-order valence-electron chi connectivity index (χ3n) is 4.51. The van der Waals surface area contributed by atoms with Gasteiger partial charge in [0, 0.05) is 12.6 Å². The van der Waals surface area contributed by atoms with Crippen LogP contribution in [0.1, 0.15) is 37.7 Å². The number of para-hydroxylation sites is 1. The highest BCUT2D eigenvalue weighted by atomic mass is 15.2. The van der Waals surface area contributed by atoms with Crippen molar-refractivity contribution in [1.29, 1.82) is 5.26 Å². The fourth-order valence-corrected chi connectivity index (χ4v) is 3.65. The quantitative estimate of drug-likeness (QED) is 0.769. The van der Waals surface area contributed by atoms with E-state index in [1.54, 1.807) is 6.07 Å². The average Bonchev–Trinajstić information content (AvgIpc) is 2.87. The van der Waals surface area contributed by atoms with Gasteiger partial charge in [0.25, 0.3) is 0 Å². The van der Waals surface area contributed by atoms with E-state index >= 15 is 0 Å². The van der Waals surface area contributed by atoms with Gasteiger partial charge in [-0.3, -0.25) is 0 Å². The van der Waals surface area contributed by atoms with Crippen LogP contribution in [0.4, 0.5) is 11.4 Å². The first kappa shape index (κ1) is 11.4. The number of rotatable bonds is 1. The lowest BCUT2D eigenvalue weighted by atomic mass is 9.91. The molecule has 3 rings (SSSR count). The number of fused-ring (bicyclic) bond motifs is 1. The van der Waals surface area contributed by atoms with Gasteiger partial charge in [-0.05, 0) is 43.7 Å². The Labute approximate surface area is 108 Å². The van der Waals surface area contributed by atoms with Crippen molar-refractivity contribution in [2.75, 3.05) is 17.2 Å². The van der Waals surface area contributed by atoms with E-state index in [2.05, 4.69) is 17.0 Å². The van der Waals surface area contributed by atoms with Gasteiger partial charge < -0.3 is 10.6 Å². The first-order valence-electron chi connectivity index (χ1n) is 6.86. The first-order chi connectivity index (χ1) is 8.81. The highest BCUT2D eigenvalue weighted by molar-refractivity contribution is 5.74. The van der Waals surface area contributed by atoms with Crippen molar-refractivity contribution < 1.29 is 0 Å². The predicted octanol–water partition coefficient (Wildman–Crippen LogP) is 2.91. The third kappa shape index (κ3) is 1.73. The molecular formula is C15H19N3. The van der Waals surface area contributed by atoms with E-state index in [-0.39, 0.29) is 0 Å². The van der Waals surface area contributed by atoms with Gasteiger partial charge in [0.2, 0.25) is 0 Å². The molecule has 2 fully saturated rings. The Morgan fingerprint density at radius 3 is 2.89 bits per heavy atom. The number of piperidine rings is 1. The summed E-state index contributed by atoms with van der Waals surface area (Å²) in [6, 6.07) is 8.64. The first-order valence-corrected chi connectivity index (χ1v) is 6.86. The largest absolute Gasteiger partial charge is 0.396 e. The van der Waals surface area contributed by atoms with Gasteiger partial charge in [0.15, 0.2) is 0 Å². The minimum absolute atomic E-state index is 0.604. The number of benzene rings is 1. The van der Waals surface area contributed by atoms with Gasteiger partial charge in [-0.15, -0.1) is 0 Å². The van der Waals surface area contributed by atoms with Crippen LogP contribution in [0, 0.1) is 17.2 Å². The third-order valence-corrected chi connectivity index (χ3v) is 4.51. The van der Waals surface area contributed by atoms with Gasteiger partial charge >= 0.3 is 0 Å².